The van der Waals surface area contributed by atoms with Gasteiger partial charge in [0.1, 0.15) is 11.6 Å². The Hall–Kier alpha value is -0.960. The van der Waals surface area contributed by atoms with E-state index in [0.717, 1.165) is 19.2 Å². The standard InChI is InChI=1S/C11H13F2N/c1-7-5-14-6-10(7)9-3-2-8(12)4-11(9)13/h2-4,7,10,14H,5-6H2,1H3/t7-,10-/m1/s1. The van der Waals surface area contributed by atoms with Crippen molar-refractivity contribution < 1.29 is 8.78 Å². The van der Waals surface area contributed by atoms with Gasteiger partial charge >= 0.3 is 0 Å². The van der Waals surface area contributed by atoms with E-state index in [9.17, 15) is 8.78 Å². The molecule has 0 aliphatic carbocycles. The highest BCUT2D eigenvalue weighted by Gasteiger charge is 2.26. The monoisotopic (exact) mass is 197 g/mol. The van der Waals surface area contributed by atoms with E-state index in [4.69, 9.17) is 0 Å². The van der Waals surface area contributed by atoms with Gasteiger partial charge in [0.25, 0.3) is 0 Å². The summed E-state index contributed by atoms with van der Waals surface area (Å²) in [4.78, 5) is 0. The van der Waals surface area contributed by atoms with E-state index in [-0.39, 0.29) is 5.92 Å². The molecule has 2 rings (SSSR count). The van der Waals surface area contributed by atoms with Gasteiger partial charge < -0.3 is 5.32 Å². The quantitative estimate of drug-likeness (QED) is 0.728. The summed E-state index contributed by atoms with van der Waals surface area (Å²) in [6, 6.07) is 3.84. The molecule has 0 spiro atoms. The van der Waals surface area contributed by atoms with Crippen molar-refractivity contribution in [1.29, 1.82) is 0 Å². The Morgan fingerprint density at radius 2 is 2.07 bits per heavy atom. The minimum atomic E-state index is -0.509. The van der Waals surface area contributed by atoms with Gasteiger partial charge in [0.2, 0.25) is 0 Å². The van der Waals surface area contributed by atoms with Crippen LogP contribution in [-0.2, 0) is 0 Å². The third kappa shape index (κ3) is 1.64. The maximum atomic E-state index is 13.4. The molecule has 1 nitrogen and oxygen atoms in total. The predicted molar refractivity (Wildman–Crippen MR) is 51.1 cm³/mol. The van der Waals surface area contributed by atoms with Crippen molar-refractivity contribution in [3.8, 4) is 0 Å². The number of halogens is 2. The highest BCUT2D eigenvalue weighted by Crippen LogP contribution is 2.29. The first kappa shape index (κ1) is 9.59. The number of hydrogen-bond donors (Lipinski definition) is 1. The minimum Gasteiger partial charge on any atom is -0.316 e. The molecular formula is C11H13F2N. The van der Waals surface area contributed by atoms with Gasteiger partial charge in [0.15, 0.2) is 0 Å². The molecular weight excluding hydrogens is 184 g/mol. The lowest BCUT2D eigenvalue weighted by Gasteiger charge is -2.15. The normalized spacial score (nSPS) is 26.8. The van der Waals surface area contributed by atoms with Gasteiger partial charge in [-0.1, -0.05) is 13.0 Å². The number of hydrogen-bond acceptors (Lipinski definition) is 1. The zero-order chi connectivity index (χ0) is 10.1. The van der Waals surface area contributed by atoms with E-state index in [1.165, 1.54) is 6.07 Å². The molecule has 1 aromatic carbocycles. The summed E-state index contributed by atoms with van der Waals surface area (Å²) < 4.78 is 26.1. The zero-order valence-corrected chi connectivity index (χ0v) is 8.06. The fourth-order valence-electron chi connectivity index (χ4n) is 2.03. The van der Waals surface area contributed by atoms with Crippen molar-refractivity contribution in [1.82, 2.24) is 5.32 Å². The molecule has 1 aliphatic heterocycles. The van der Waals surface area contributed by atoms with Crippen molar-refractivity contribution in [3.63, 3.8) is 0 Å². The summed E-state index contributed by atoms with van der Waals surface area (Å²) in [5, 5.41) is 3.20. The molecule has 14 heavy (non-hydrogen) atoms. The smallest absolute Gasteiger partial charge is 0.129 e. The van der Waals surface area contributed by atoms with E-state index in [2.05, 4.69) is 12.2 Å². The van der Waals surface area contributed by atoms with Crippen LogP contribution in [0, 0.1) is 17.6 Å². The second kappa shape index (κ2) is 3.65. The second-order valence-corrected chi connectivity index (χ2v) is 3.91. The largest absolute Gasteiger partial charge is 0.316 e. The third-order valence-electron chi connectivity index (χ3n) is 2.88. The van der Waals surface area contributed by atoms with Gasteiger partial charge in [-0.15, -0.1) is 0 Å². The minimum absolute atomic E-state index is 0.176. The molecule has 0 saturated carbocycles. The van der Waals surface area contributed by atoms with Crippen LogP contribution in [0.4, 0.5) is 8.78 Å². The Balaban J connectivity index is 2.31. The average Bonchev–Trinajstić information content (AvgIpc) is 2.52. The van der Waals surface area contributed by atoms with Gasteiger partial charge in [-0.25, -0.2) is 8.78 Å². The van der Waals surface area contributed by atoms with E-state index < -0.39 is 11.6 Å². The molecule has 1 N–H and O–H groups in total. The fourth-order valence-corrected chi connectivity index (χ4v) is 2.03. The zero-order valence-electron chi connectivity index (χ0n) is 8.06. The van der Waals surface area contributed by atoms with Crippen LogP contribution in [0.5, 0.6) is 0 Å². The molecule has 1 saturated heterocycles. The Labute approximate surface area is 82.1 Å². The van der Waals surface area contributed by atoms with E-state index in [0.29, 0.717) is 11.5 Å². The first-order valence-corrected chi connectivity index (χ1v) is 4.84. The first-order valence-electron chi connectivity index (χ1n) is 4.84. The maximum Gasteiger partial charge on any atom is 0.129 e. The highest BCUT2D eigenvalue weighted by molar-refractivity contribution is 5.24. The van der Waals surface area contributed by atoms with Gasteiger partial charge in [-0.05, 0) is 24.1 Å². The van der Waals surface area contributed by atoms with Crippen LogP contribution in [0.2, 0.25) is 0 Å². The lowest BCUT2D eigenvalue weighted by atomic mass is 9.90. The second-order valence-electron chi connectivity index (χ2n) is 3.91. The maximum absolute atomic E-state index is 13.4. The van der Waals surface area contributed by atoms with Crippen molar-refractivity contribution in [2.24, 2.45) is 5.92 Å². The fraction of sp³-hybridized carbons (Fsp3) is 0.455. The highest BCUT2D eigenvalue weighted by atomic mass is 19.1. The van der Waals surface area contributed by atoms with Gasteiger partial charge in [0.05, 0.1) is 0 Å². The summed E-state index contributed by atoms with van der Waals surface area (Å²) in [7, 11) is 0. The van der Waals surface area contributed by atoms with Crippen LogP contribution >= 0.6 is 0 Å². The van der Waals surface area contributed by atoms with Gasteiger partial charge in [-0.2, -0.15) is 0 Å². The van der Waals surface area contributed by atoms with Gasteiger partial charge in [0, 0.05) is 18.5 Å². The predicted octanol–water partition coefficient (Wildman–Crippen LogP) is 2.29. The van der Waals surface area contributed by atoms with Crippen molar-refractivity contribution in [2.75, 3.05) is 13.1 Å². The molecule has 0 bridgehead atoms. The lowest BCUT2D eigenvalue weighted by molar-refractivity contribution is 0.518. The lowest BCUT2D eigenvalue weighted by Crippen LogP contribution is -2.09. The van der Waals surface area contributed by atoms with Crippen LogP contribution < -0.4 is 5.32 Å². The molecule has 0 amide bonds. The number of rotatable bonds is 1. The molecule has 0 radical (unpaired) electrons. The average molecular weight is 197 g/mol. The van der Waals surface area contributed by atoms with Crippen LogP contribution in [0.3, 0.4) is 0 Å². The Kier molecular flexibility index (Phi) is 2.50. The summed E-state index contributed by atoms with van der Waals surface area (Å²) in [5.74, 6) is -0.346. The van der Waals surface area contributed by atoms with Crippen LogP contribution in [0.25, 0.3) is 0 Å². The summed E-state index contributed by atoms with van der Waals surface area (Å²) >= 11 is 0. The molecule has 76 valence electrons. The SMILES string of the molecule is C[C@@H]1CNC[C@H]1c1ccc(F)cc1F. The Morgan fingerprint density at radius 3 is 2.64 bits per heavy atom. The molecule has 1 aliphatic rings. The summed E-state index contributed by atoms with van der Waals surface area (Å²) in [6.07, 6.45) is 0. The van der Waals surface area contributed by atoms with Crippen LogP contribution in [0.15, 0.2) is 18.2 Å². The first-order chi connectivity index (χ1) is 6.68. The Bertz CT molecular complexity index is 338. The molecule has 1 heterocycles. The van der Waals surface area contributed by atoms with E-state index >= 15 is 0 Å². The molecule has 2 atom stereocenters. The van der Waals surface area contributed by atoms with Crippen molar-refractivity contribution in [3.05, 3.63) is 35.4 Å². The van der Waals surface area contributed by atoms with E-state index in [1.807, 2.05) is 0 Å². The van der Waals surface area contributed by atoms with Crippen molar-refractivity contribution in [2.45, 2.75) is 12.8 Å². The third-order valence-corrected chi connectivity index (χ3v) is 2.88. The topological polar surface area (TPSA) is 12.0 Å². The molecule has 0 aromatic heterocycles. The van der Waals surface area contributed by atoms with Crippen LogP contribution in [-0.4, -0.2) is 13.1 Å². The molecule has 1 fully saturated rings. The van der Waals surface area contributed by atoms with Crippen molar-refractivity contribution >= 4 is 0 Å². The Morgan fingerprint density at radius 1 is 1.29 bits per heavy atom. The molecule has 3 heteroatoms. The molecule has 1 aromatic rings. The van der Waals surface area contributed by atoms with Gasteiger partial charge in [-0.3, -0.25) is 0 Å². The van der Waals surface area contributed by atoms with E-state index in [1.54, 1.807) is 6.07 Å². The summed E-state index contributed by atoms with van der Waals surface area (Å²) in [6.45, 7) is 3.76. The molecule has 0 unspecified atom stereocenters. The number of nitrogens with one attached hydrogen (secondary N) is 1. The van der Waals surface area contributed by atoms with Crippen LogP contribution in [0.1, 0.15) is 18.4 Å². The summed E-state index contributed by atoms with van der Waals surface area (Å²) in [5.41, 5.74) is 0.629. The number of benzene rings is 1.